The van der Waals surface area contributed by atoms with Crippen molar-refractivity contribution in [2.24, 2.45) is 0 Å². The number of aromatic amines is 1. The maximum atomic E-state index is 13.8. The molecular formula is C29H29N3O5. The standard InChI is InChI=1S/C29H29N3O5/c1-16-11-17(2)23(20(33)12-16)25-24-26(31-30-25)29(34)32(15-18-9-7-6-8-10-18)27(24)19-13-21(35-3)28(37-5)22(14-19)36-4/h6-14,27,33H,15H2,1-5H3,(H,30,31). The summed E-state index contributed by atoms with van der Waals surface area (Å²) in [6.07, 6.45) is 0. The Balaban J connectivity index is 1.75. The van der Waals surface area contributed by atoms with Gasteiger partial charge in [0.15, 0.2) is 11.5 Å². The van der Waals surface area contributed by atoms with Crippen LogP contribution in [0.3, 0.4) is 0 Å². The molecule has 8 nitrogen and oxygen atoms in total. The molecule has 1 aromatic heterocycles. The number of nitrogens with zero attached hydrogens (tertiary/aromatic N) is 2. The molecule has 0 bridgehead atoms. The third-order valence-electron chi connectivity index (χ3n) is 6.76. The number of amides is 1. The minimum Gasteiger partial charge on any atom is -0.507 e. The number of aromatic hydroxyl groups is 1. The minimum absolute atomic E-state index is 0.115. The molecule has 0 spiro atoms. The summed E-state index contributed by atoms with van der Waals surface area (Å²) in [4.78, 5) is 15.6. The highest BCUT2D eigenvalue weighted by molar-refractivity contribution is 6.00. The van der Waals surface area contributed by atoms with Gasteiger partial charge in [-0.3, -0.25) is 9.89 Å². The maximum Gasteiger partial charge on any atom is 0.273 e. The van der Waals surface area contributed by atoms with Crippen LogP contribution < -0.4 is 14.2 Å². The molecule has 2 N–H and O–H groups in total. The zero-order valence-electron chi connectivity index (χ0n) is 21.5. The zero-order chi connectivity index (χ0) is 26.3. The van der Waals surface area contributed by atoms with Crippen molar-refractivity contribution in [2.45, 2.75) is 26.4 Å². The largest absolute Gasteiger partial charge is 0.507 e. The Morgan fingerprint density at radius 2 is 1.65 bits per heavy atom. The summed E-state index contributed by atoms with van der Waals surface area (Å²) < 4.78 is 16.8. The van der Waals surface area contributed by atoms with Gasteiger partial charge in [-0.05, 0) is 54.3 Å². The van der Waals surface area contributed by atoms with Gasteiger partial charge in [0.2, 0.25) is 5.75 Å². The number of hydrogen-bond acceptors (Lipinski definition) is 6. The van der Waals surface area contributed by atoms with Crippen molar-refractivity contribution in [3.63, 3.8) is 0 Å². The number of carbonyl (C=O) groups excluding carboxylic acids is 1. The first-order valence-electron chi connectivity index (χ1n) is 11.9. The fourth-order valence-electron chi connectivity index (χ4n) is 5.19. The van der Waals surface area contributed by atoms with Gasteiger partial charge in [-0.2, -0.15) is 5.10 Å². The molecule has 5 rings (SSSR count). The van der Waals surface area contributed by atoms with Crippen LogP contribution in [0.4, 0.5) is 0 Å². The summed E-state index contributed by atoms with van der Waals surface area (Å²) in [5.41, 5.74) is 5.77. The normalized spacial score (nSPS) is 14.6. The first kappa shape index (κ1) is 24.2. The zero-order valence-corrected chi connectivity index (χ0v) is 21.5. The van der Waals surface area contributed by atoms with Crippen LogP contribution in [0.15, 0.2) is 54.6 Å². The van der Waals surface area contributed by atoms with Crippen LogP contribution in [0.25, 0.3) is 11.3 Å². The van der Waals surface area contributed by atoms with E-state index in [1.165, 1.54) is 0 Å². The van der Waals surface area contributed by atoms with Crippen LogP contribution >= 0.6 is 0 Å². The topological polar surface area (TPSA) is 96.9 Å². The molecule has 0 fully saturated rings. The number of fused-ring (bicyclic) bond motifs is 1. The summed E-state index contributed by atoms with van der Waals surface area (Å²) in [6.45, 7) is 4.23. The lowest BCUT2D eigenvalue weighted by atomic mass is 9.92. The summed E-state index contributed by atoms with van der Waals surface area (Å²) in [6, 6.07) is 16.7. The Labute approximate surface area is 215 Å². The fourth-order valence-corrected chi connectivity index (χ4v) is 5.19. The van der Waals surface area contributed by atoms with E-state index in [4.69, 9.17) is 14.2 Å². The van der Waals surface area contributed by atoms with Crippen molar-refractivity contribution >= 4 is 5.91 Å². The number of ether oxygens (including phenoxy) is 3. The average Bonchev–Trinajstić information content (AvgIpc) is 3.42. The average molecular weight is 500 g/mol. The molecule has 190 valence electrons. The van der Waals surface area contributed by atoms with Crippen LogP contribution in [0.5, 0.6) is 23.0 Å². The number of aromatic nitrogens is 2. The number of nitrogens with one attached hydrogen (secondary N) is 1. The Hall–Kier alpha value is -4.46. The second-order valence-corrected chi connectivity index (χ2v) is 9.12. The van der Waals surface area contributed by atoms with Gasteiger partial charge in [-0.1, -0.05) is 36.4 Å². The van der Waals surface area contributed by atoms with Crippen LogP contribution in [0, 0.1) is 13.8 Å². The molecule has 37 heavy (non-hydrogen) atoms. The molecule has 1 aliphatic heterocycles. The lowest BCUT2D eigenvalue weighted by Gasteiger charge is -2.28. The summed E-state index contributed by atoms with van der Waals surface area (Å²) >= 11 is 0. The van der Waals surface area contributed by atoms with Crippen LogP contribution in [-0.2, 0) is 6.54 Å². The molecule has 0 radical (unpaired) electrons. The molecule has 1 amide bonds. The molecule has 0 saturated carbocycles. The number of benzene rings is 3. The molecule has 4 aromatic rings. The van der Waals surface area contributed by atoms with E-state index in [0.717, 1.165) is 22.3 Å². The molecule has 0 aliphatic carbocycles. The molecule has 1 unspecified atom stereocenters. The van der Waals surface area contributed by atoms with Crippen LogP contribution in [-0.4, -0.2) is 47.4 Å². The number of rotatable bonds is 7. The monoisotopic (exact) mass is 499 g/mol. The first-order chi connectivity index (χ1) is 17.9. The van der Waals surface area contributed by atoms with Crippen molar-refractivity contribution in [3.8, 4) is 34.3 Å². The lowest BCUT2D eigenvalue weighted by molar-refractivity contribution is 0.0729. The fraction of sp³-hybridized carbons (Fsp3) is 0.241. The summed E-state index contributed by atoms with van der Waals surface area (Å²) in [7, 11) is 4.67. The number of carbonyl (C=O) groups is 1. The van der Waals surface area contributed by atoms with E-state index in [-0.39, 0.29) is 11.7 Å². The SMILES string of the molecule is COc1cc(C2c3c(-c4c(C)cc(C)cc4O)n[nH]c3C(=O)N2Cc2ccccc2)cc(OC)c1OC. The summed E-state index contributed by atoms with van der Waals surface area (Å²) in [5, 5.41) is 18.4. The van der Waals surface area contributed by atoms with Crippen molar-refractivity contribution in [1.29, 1.82) is 0 Å². The van der Waals surface area contributed by atoms with E-state index in [1.807, 2.05) is 62.4 Å². The Morgan fingerprint density at radius 3 is 2.24 bits per heavy atom. The van der Waals surface area contributed by atoms with Gasteiger partial charge < -0.3 is 24.2 Å². The number of H-pyrrole nitrogens is 1. The van der Waals surface area contributed by atoms with Crippen molar-refractivity contribution in [2.75, 3.05) is 21.3 Å². The second-order valence-electron chi connectivity index (χ2n) is 9.12. The van der Waals surface area contributed by atoms with Gasteiger partial charge in [-0.15, -0.1) is 0 Å². The smallest absolute Gasteiger partial charge is 0.273 e. The number of aryl methyl sites for hydroxylation is 2. The minimum atomic E-state index is -0.523. The van der Waals surface area contributed by atoms with Crippen molar-refractivity contribution in [1.82, 2.24) is 15.1 Å². The molecule has 1 aliphatic rings. The number of hydrogen-bond donors (Lipinski definition) is 2. The van der Waals surface area contributed by atoms with E-state index in [2.05, 4.69) is 10.2 Å². The highest BCUT2D eigenvalue weighted by Crippen LogP contribution is 2.49. The Morgan fingerprint density at radius 1 is 0.973 bits per heavy atom. The predicted molar refractivity (Wildman–Crippen MR) is 139 cm³/mol. The van der Waals surface area contributed by atoms with Crippen molar-refractivity contribution < 1.29 is 24.1 Å². The van der Waals surface area contributed by atoms with E-state index >= 15 is 0 Å². The predicted octanol–water partition coefficient (Wildman–Crippen LogP) is 5.17. The number of phenols is 1. The lowest BCUT2D eigenvalue weighted by Crippen LogP contribution is -2.29. The third kappa shape index (κ3) is 4.04. The molecular weight excluding hydrogens is 470 g/mol. The van der Waals surface area contributed by atoms with Gasteiger partial charge in [-0.25, -0.2) is 0 Å². The molecule has 8 heteroatoms. The van der Waals surface area contributed by atoms with Crippen LogP contribution in [0.1, 0.15) is 44.3 Å². The molecule has 2 heterocycles. The molecule has 3 aromatic carbocycles. The third-order valence-corrected chi connectivity index (χ3v) is 6.76. The maximum absolute atomic E-state index is 13.8. The van der Waals surface area contributed by atoms with Crippen molar-refractivity contribution in [3.05, 3.63) is 88.1 Å². The van der Waals surface area contributed by atoms with Gasteiger partial charge >= 0.3 is 0 Å². The Bertz CT molecular complexity index is 1430. The van der Waals surface area contributed by atoms with E-state index in [0.29, 0.717) is 46.3 Å². The first-order valence-corrected chi connectivity index (χ1v) is 11.9. The second kappa shape index (κ2) is 9.54. The van der Waals surface area contributed by atoms with E-state index in [9.17, 15) is 9.90 Å². The van der Waals surface area contributed by atoms with Crippen LogP contribution in [0.2, 0.25) is 0 Å². The summed E-state index contributed by atoms with van der Waals surface area (Å²) in [5.74, 6) is 1.37. The number of methoxy groups -OCH3 is 3. The van der Waals surface area contributed by atoms with E-state index < -0.39 is 6.04 Å². The number of phenolic OH excluding ortho intramolecular Hbond substituents is 1. The highest BCUT2D eigenvalue weighted by atomic mass is 16.5. The van der Waals surface area contributed by atoms with Gasteiger partial charge in [0.1, 0.15) is 17.1 Å². The van der Waals surface area contributed by atoms with Gasteiger partial charge in [0, 0.05) is 17.7 Å². The molecule has 0 saturated heterocycles. The van der Waals surface area contributed by atoms with Gasteiger partial charge in [0.05, 0.1) is 27.4 Å². The molecule has 1 atom stereocenters. The quantitative estimate of drug-likeness (QED) is 0.364. The van der Waals surface area contributed by atoms with E-state index in [1.54, 1.807) is 32.3 Å². The van der Waals surface area contributed by atoms with Gasteiger partial charge in [0.25, 0.3) is 5.91 Å². The highest BCUT2D eigenvalue weighted by Gasteiger charge is 2.43. The Kier molecular flexibility index (Phi) is 6.25.